The first kappa shape index (κ1) is 19.3. The molecule has 0 bridgehead atoms. The van der Waals surface area contributed by atoms with Gasteiger partial charge in [-0.2, -0.15) is 0 Å². The number of para-hydroxylation sites is 2. The summed E-state index contributed by atoms with van der Waals surface area (Å²) in [6, 6.07) is 15.4. The molecular weight excluding hydrogens is 372 g/mol. The number of ether oxygens (including phenoxy) is 4. The van der Waals surface area contributed by atoms with Gasteiger partial charge < -0.3 is 18.9 Å². The van der Waals surface area contributed by atoms with E-state index in [2.05, 4.69) is 0 Å². The minimum absolute atomic E-state index is 0.217. The van der Waals surface area contributed by atoms with Crippen LogP contribution in [0.15, 0.2) is 48.5 Å². The highest BCUT2D eigenvalue weighted by atomic mass is 16.6. The molecule has 0 radical (unpaired) electrons. The van der Waals surface area contributed by atoms with Crippen molar-refractivity contribution in [3.63, 3.8) is 0 Å². The first-order valence-electron chi connectivity index (χ1n) is 9.95. The van der Waals surface area contributed by atoms with Crippen LogP contribution in [0.3, 0.4) is 0 Å². The Morgan fingerprint density at radius 1 is 0.759 bits per heavy atom. The molecule has 6 heteroatoms. The third-order valence-electron chi connectivity index (χ3n) is 5.20. The number of rotatable bonds is 6. The highest BCUT2D eigenvalue weighted by Gasteiger charge is 2.28. The van der Waals surface area contributed by atoms with E-state index in [1.807, 2.05) is 48.5 Å². The fourth-order valence-electron chi connectivity index (χ4n) is 3.60. The summed E-state index contributed by atoms with van der Waals surface area (Å²) in [7, 11) is 0. The Balaban J connectivity index is 1.14. The number of carbonyl (C=O) groups is 2. The maximum atomic E-state index is 12.2. The molecule has 0 amide bonds. The van der Waals surface area contributed by atoms with E-state index in [4.69, 9.17) is 18.9 Å². The summed E-state index contributed by atoms with van der Waals surface area (Å²) in [6.07, 6.45) is 1.70. The van der Waals surface area contributed by atoms with E-state index in [9.17, 15) is 9.59 Å². The normalized spacial score (nSPS) is 19.7. The molecule has 2 heterocycles. The van der Waals surface area contributed by atoms with Crippen LogP contribution in [0.25, 0.3) is 0 Å². The van der Waals surface area contributed by atoms with Crippen LogP contribution in [0.4, 0.5) is 0 Å². The van der Waals surface area contributed by atoms with Crippen LogP contribution < -0.4 is 9.47 Å². The minimum atomic E-state index is -0.299. The average molecular weight is 396 g/mol. The van der Waals surface area contributed by atoms with Crippen molar-refractivity contribution in [2.75, 3.05) is 26.4 Å². The lowest BCUT2D eigenvalue weighted by molar-refractivity contribution is -0.152. The lowest BCUT2D eigenvalue weighted by atomic mass is 9.97. The molecule has 4 rings (SSSR count). The Morgan fingerprint density at radius 3 is 1.69 bits per heavy atom. The predicted molar refractivity (Wildman–Crippen MR) is 105 cm³/mol. The number of hydrogen-bond acceptors (Lipinski definition) is 6. The minimum Gasteiger partial charge on any atom is -0.492 e. The molecule has 0 saturated carbocycles. The molecule has 0 aromatic heterocycles. The van der Waals surface area contributed by atoms with Crippen molar-refractivity contribution < 1.29 is 28.5 Å². The maximum Gasteiger partial charge on any atom is 0.312 e. The fraction of sp³-hybridized carbons (Fsp3) is 0.391. The summed E-state index contributed by atoms with van der Waals surface area (Å²) in [5, 5.41) is 0. The van der Waals surface area contributed by atoms with E-state index in [0.29, 0.717) is 32.5 Å². The van der Waals surface area contributed by atoms with E-state index in [1.165, 1.54) is 0 Å². The highest BCUT2D eigenvalue weighted by Crippen LogP contribution is 2.28. The second-order valence-electron chi connectivity index (χ2n) is 7.33. The SMILES string of the molecule is O=C(OCCCOC(=O)C1COc2ccccc2C1)C1COc2ccccc2C1. The fourth-order valence-corrected chi connectivity index (χ4v) is 3.60. The van der Waals surface area contributed by atoms with E-state index in [0.717, 1.165) is 22.6 Å². The molecule has 152 valence electrons. The monoisotopic (exact) mass is 396 g/mol. The van der Waals surface area contributed by atoms with Gasteiger partial charge in [0.05, 0.1) is 25.0 Å². The molecule has 0 spiro atoms. The second-order valence-corrected chi connectivity index (χ2v) is 7.33. The third-order valence-corrected chi connectivity index (χ3v) is 5.20. The van der Waals surface area contributed by atoms with Gasteiger partial charge in [0.15, 0.2) is 0 Å². The molecule has 0 N–H and O–H groups in total. The van der Waals surface area contributed by atoms with Crippen LogP contribution >= 0.6 is 0 Å². The lowest BCUT2D eigenvalue weighted by Crippen LogP contribution is -2.31. The highest BCUT2D eigenvalue weighted by molar-refractivity contribution is 5.74. The van der Waals surface area contributed by atoms with Crippen molar-refractivity contribution >= 4 is 11.9 Å². The summed E-state index contributed by atoms with van der Waals surface area (Å²) < 4.78 is 21.9. The van der Waals surface area contributed by atoms with Crippen molar-refractivity contribution in [3.8, 4) is 11.5 Å². The van der Waals surface area contributed by atoms with E-state index >= 15 is 0 Å². The maximum absolute atomic E-state index is 12.2. The number of carbonyl (C=O) groups excluding carboxylic acids is 2. The summed E-state index contributed by atoms with van der Waals surface area (Å²) in [6.45, 7) is 1.09. The van der Waals surface area contributed by atoms with E-state index < -0.39 is 0 Å². The van der Waals surface area contributed by atoms with Crippen LogP contribution in [-0.4, -0.2) is 38.4 Å². The molecule has 0 saturated heterocycles. The van der Waals surface area contributed by atoms with Gasteiger partial charge in [0.2, 0.25) is 0 Å². The molecule has 2 aliphatic rings. The van der Waals surface area contributed by atoms with Gasteiger partial charge in [-0.3, -0.25) is 9.59 Å². The molecule has 29 heavy (non-hydrogen) atoms. The second kappa shape index (κ2) is 8.99. The summed E-state index contributed by atoms with van der Waals surface area (Å²) in [5.41, 5.74) is 2.04. The molecule has 2 aliphatic heterocycles. The molecular formula is C23H24O6. The average Bonchev–Trinajstić information content (AvgIpc) is 2.77. The Morgan fingerprint density at radius 2 is 1.21 bits per heavy atom. The number of esters is 2. The van der Waals surface area contributed by atoms with Crippen LogP contribution in [0.2, 0.25) is 0 Å². The molecule has 0 fully saturated rings. The van der Waals surface area contributed by atoms with Crippen LogP contribution in [0.1, 0.15) is 17.5 Å². The van der Waals surface area contributed by atoms with Gasteiger partial charge in [-0.05, 0) is 36.1 Å². The number of fused-ring (bicyclic) bond motifs is 2. The van der Waals surface area contributed by atoms with Crippen LogP contribution in [0, 0.1) is 11.8 Å². The largest absolute Gasteiger partial charge is 0.492 e. The first-order valence-corrected chi connectivity index (χ1v) is 9.95. The van der Waals surface area contributed by atoms with Crippen molar-refractivity contribution in [1.82, 2.24) is 0 Å². The number of hydrogen-bond donors (Lipinski definition) is 0. The van der Waals surface area contributed by atoms with Gasteiger partial charge >= 0.3 is 11.9 Å². The molecule has 2 aromatic carbocycles. The van der Waals surface area contributed by atoms with Crippen molar-refractivity contribution in [3.05, 3.63) is 59.7 Å². The Bertz CT molecular complexity index is 806. The predicted octanol–water partition coefficient (Wildman–Crippen LogP) is 2.97. The molecule has 2 unspecified atom stereocenters. The van der Waals surface area contributed by atoms with E-state index in [1.54, 1.807) is 0 Å². The Kier molecular flexibility index (Phi) is 5.98. The Hall–Kier alpha value is -3.02. The standard InChI is InChI=1S/C23H24O6/c24-22(18-12-16-6-1-3-8-20(16)28-14-18)26-10-5-11-27-23(25)19-13-17-7-2-4-9-21(17)29-15-19/h1-4,6-9,18-19H,5,10-15H2. The topological polar surface area (TPSA) is 71.1 Å². The van der Waals surface area contributed by atoms with Crippen LogP contribution in [0.5, 0.6) is 11.5 Å². The van der Waals surface area contributed by atoms with Gasteiger partial charge in [0.1, 0.15) is 24.7 Å². The number of benzene rings is 2. The van der Waals surface area contributed by atoms with Gasteiger partial charge in [0.25, 0.3) is 0 Å². The first-order chi connectivity index (χ1) is 14.2. The van der Waals surface area contributed by atoms with Gasteiger partial charge in [-0.15, -0.1) is 0 Å². The zero-order valence-electron chi connectivity index (χ0n) is 16.2. The summed E-state index contributed by atoms with van der Waals surface area (Å²) >= 11 is 0. The zero-order valence-corrected chi connectivity index (χ0v) is 16.2. The van der Waals surface area contributed by atoms with Gasteiger partial charge in [-0.1, -0.05) is 36.4 Å². The zero-order chi connectivity index (χ0) is 20.1. The van der Waals surface area contributed by atoms with Gasteiger partial charge in [-0.25, -0.2) is 0 Å². The molecule has 2 aromatic rings. The Labute approximate surface area is 169 Å². The van der Waals surface area contributed by atoms with E-state index in [-0.39, 0.29) is 37.0 Å². The van der Waals surface area contributed by atoms with Crippen molar-refractivity contribution in [2.24, 2.45) is 11.8 Å². The smallest absolute Gasteiger partial charge is 0.312 e. The molecule has 6 nitrogen and oxygen atoms in total. The van der Waals surface area contributed by atoms with Crippen molar-refractivity contribution in [1.29, 1.82) is 0 Å². The summed E-state index contributed by atoms with van der Waals surface area (Å²) in [4.78, 5) is 24.5. The summed E-state index contributed by atoms with van der Waals surface area (Å²) in [5.74, 6) is 0.514. The molecule has 2 atom stereocenters. The molecule has 0 aliphatic carbocycles. The lowest BCUT2D eigenvalue weighted by Gasteiger charge is -2.24. The van der Waals surface area contributed by atoms with Crippen molar-refractivity contribution in [2.45, 2.75) is 19.3 Å². The van der Waals surface area contributed by atoms with Crippen LogP contribution in [-0.2, 0) is 31.9 Å². The quantitative estimate of drug-likeness (QED) is 0.552. The van der Waals surface area contributed by atoms with Gasteiger partial charge in [0, 0.05) is 6.42 Å². The third kappa shape index (κ3) is 4.70.